The molecule has 1 N–H and O–H groups in total. The lowest BCUT2D eigenvalue weighted by Crippen LogP contribution is -2.36. The number of amides is 1. The first kappa shape index (κ1) is 16.8. The third-order valence-corrected chi connectivity index (χ3v) is 3.51. The summed E-state index contributed by atoms with van der Waals surface area (Å²) in [5.74, 6) is 1.01. The van der Waals surface area contributed by atoms with E-state index in [0.29, 0.717) is 23.6 Å². The molecule has 1 amide bonds. The number of anilines is 1. The van der Waals surface area contributed by atoms with Crippen molar-refractivity contribution in [3.8, 4) is 0 Å². The van der Waals surface area contributed by atoms with Gasteiger partial charge in [-0.05, 0) is 46.1 Å². The Labute approximate surface area is 136 Å². The molecule has 2 rings (SSSR count). The van der Waals surface area contributed by atoms with E-state index in [2.05, 4.69) is 20.2 Å². The molecule has 1 atom stereocenters. The van der Waals surface area contributed by atoms with Crippen molar-refractivity contribution in [3.63, 3.8) is 0 Å². The van der Waals surface area contributed by atoms with Crippen molar-refractivity contribution in [2.45, 2.75) is 39.7 Å². The van der Waals surface area contributed by atoms with Crippen molar-refractivity contribution >= 4 is 23.6 Å². The molecule has 0 saturated carbocycles. The zero-order valence-corrected chi connectivity index (χ0v) is 14.3. The SMILES string of the molecule is Cc1cc(Cl)nc(N2CC[C@H](CNC(=O)OC(C)(C)C)C2)n1. The quantitative estimate of drug-likeness (QED) is 0.865. The number of alkyl carbamates (subject to hydrolysis) is 1. The lowest BCUT2D eigenvalue weighted by molar-refractivity contribution is 0.0520. The number of aromatic nitrogens is 2. The minimum absolute atomic E-state index is 0.357. The Bertz CT molecular complexity index is 525. The van der Waals surface area contributed by atoms with Crippen LogP contribution in [0.3, 0.4) is 0 Å². The van der Waals surface area contributed by atoms with Gasteiger partial charge in [-0.1, -0.05) is 11.6 Å². The van der Waals surface area contributed by atoms with Gasteiger partial charge in [-0.15, -0.1) is 0 Å². The van der Waals surface area contributed by atoms with E-state index >= 15 is 0 Å². The summed E-state index contributed by atoms with van der Waals surface area (Å²) in [5, 5.41) is 3.28. The van der Waals surface area contributed by atoms with Gasteiger partial charge < -0.3 is 15.0 Å². The van der Waals surface area contributed by atoms with Crippen molar-refractivity contribution in [1.29, 1.82) is 0 Å². The second kappa shape index (κ2) is 6.69. The van der Waals surface area contributed by atoms with E-state index in [-0.39, 0.29) is 6.09 Å². The molecule has 1 aliphatic heterocycles. The normalized spacial score (nSPS) is 18.4. The Morgan fingerprint density at radius 3 is 2.86 bits per heavy atom. The van der Waals surface area contributed by atoms with Crippen molar-refractivity contribution < 1.29 is 9.53 Å². The van der Waals surface area contributed by atoms with Gasteiger partial charge in [0.25, 0.3) is 0 Å². The Hall–Kier alpha value is -1.56. The predicted molar refractivity (Wildman–Crippen MR) is 86.3 cm³/mol. The van der Waals surface area contributed by atoms with E-state index in [9.17, 15) is 4.79 Å². The van der Waals surface area contributed by atoms with E-state index in [4.69, 9.17) is 16.3 Å². The van der Waals surface area contributed by atoms with Gasteiger partial charge in [-0.2, -0.15) is 0 Å². The maximum atomic E-state index is 11.7. The van der Waals surface area contributed by atoms with E-state index in [0.717, 1.165) is 25.2 Å². The smallest absolute Gasteiger partial charge is 0.407 e. The molecule has 0 radical (unpaired) electrons. The van der Waals surface area contributed by atoms with Crippen molar-refractivity contribution in [2.24, 2.45) is 5.92 Å². The van der Waals surface area contributed by atoms with Crippen LogP contribution in [0.1, 0.15) is 32.9 Å². The molecule has 0 aliphatic carbocycles. The number of hydrogen-bond acceptors (Lipinski definition) is 5. The minimum atomic E-state index is -0.474. The number of carbonyl (C=O) groups excluding carboxylic acids is 1. The first-order valence-electron chi connectivity index (χ1n) is 7.46. The lowest BCUT2D eigenvalue weighted by atomic mass is 10.1. The highest BCUT2D eigenvalue weighted by atomic mass is 35.5. The fraction of sp³-hybridized carbons (Fsp3) is 0.667. The first-order valence-corrected chi connectivity index (χ1v) is 7.84. The minimum Gasteiger partial charge on any atom is -0.444 e. The number of aryl methyl sites for hydroxylation is 1. The number of carbonyl (C=O) groups is 1. The van der Waals surface area contributed by atoms with Crippen LogP contribution >= 0.6 is 11.6 Å². The molecule has 7 heteroatoms. The predicted octanol–water partition coefficient (Wildman–Crippen LogP) is 2.79. The summed E-state index contributed by atoms with van der Waals surface area (Å²) in [5.41, 5.74) is 0.378. The molecule has 0 unspecified atom stereocenters. The summed E-state index contributed by atoms with van der Waals surface area (Å²) in [6.07, 6.45) is 0.603. The Morgan fingerprint density at radius 1 is 1.50 bits per heavy atom. The average molecular weight is 327 g/mol. The van der Waals surface area contributed by atoms with Gasteiger partial charge in [0.05, 0.1) is 0 Å². The summed E-state index contributed by atoms with van der Waals surface area (Å²) >= 11 is 5.98. The van der Waals surface area contributed by atoms with Crippen LogP contribution < -0.4 is 10.2 Å². The molecule has 0 spiro atoms. The Kier molecular flexibility index (Phi) is 5.11. The number of nitrogens with one attached hydrogen (secondary N) is 1. The molecule has 1 aromatic rings. The Balaban J connectivity index is 1.84. The lowest BCUT2D eigenvalue weighted by Gasteiger charge is -2.21. The molecule has 122 valence electrons. The molecule has 1 saturated heterocycles. The van der Waals surface area contributed by atoms with Gasteiger partial charge in [0.2, 0.25) is 5.95 Å². The number of halogens is 1. The van der Waals surface area contributed by atoms with Crippen LogP contribution in [0.5, 0.6) is 0 Å². The zero-order valence-electron chi connectivity index (χ0n) is 13.5. The summed E-state index contributed by atoms with van der Waals surface area (Å²) in [7, 11) is 0. The van der Waals surface area contributed by atoms with Gasteiger partial charge >= 0.3 is 6.09 Å². The first-order chi connectivity index (χ1) is 10.2. The summed E-state index contributed by atoms with van der Waals surface area (Å²) in [4.78, 5) is 22.4. The Morgan fingerprint density at radius 2 is 2.23 bits per heavy atom. The largest absolute Gasteiger partial charge is 0.444 e. The maximum absolute atomic E-state index is 11.7. The summed E-state index contributed by atoms with van der Waals surface area (Å²) < 4.78 is 5.23. The van der Waals surface area contributed by atoms with Crippen LogP contribution in [-0.4, -0.2) is 41.3 Å². The number of hydrogen-bond donors (Lipinski definition) is 1. The second-order valence-corrected chi connectivity index (χ2v) is 7.00. The molecule has 6 nitrogen and oxygen atoms in total. The standard InChI is InChI=1S/C15H23ClN4O2/c1-10-7-12(16)19-13(18-10)20-6-5-11(9-20)8-17-14(21)22-15(2,3)4/h7,11H,5-6,8-9H2,1-4H3,(H,17,21)/t11-/m1/s1. The van der Waals surface area contributed by atoms with Crippen LogP contribution in [0.15, 0.2) is 6.07 Å². The zero-order chi connectivity index (χ0) is 16.3. The van der Waals surface area contributed by atoms with Crippen molar-refractivity contribution in [3.05, 3.63) is 16.9 Å². The molecule has 2 heterocycles. The molecular formula is C15H23ClN4O2. The molecule has 1 fully saturated rings. The number of rotatable bonds is 3. The fourth-order valence-corrected chi connectivity index (χ4v) is 2.61. The number of ether oxygens (including phenoxy) is 1. The molecule has 0 aromatic carbocycles. The van der Waals surface area contributed by atoms with E-state index < -0.39 is 5.60 Å². The summed E-state index contributed by atoms with van der Waals surface area (Å²) in [6, 6.07) is 1.74. The van der Waals surface area contributed by atoms with E-state index in [1.807, 2.05) is 27.7 Å². The molecule has 0 bridgehead atoms. The van der Waals surface area contributed by atoms with Crippen LogP contribution in [0.4, 0.5) is 10.7 Å². The third-order valence-electron chi connectivity index (χ3n) is 3.31. The van der Waals surface area contributed by atoms with Crippen LogP contribution in [0.2, 0.25) is 5.15 Å². The van der Waals surface area contributed by atoms with Gasteiger partial charge in [0, 0.05) is 25.3 Å². The highest BCUT2D eigenvalue weighted by molar-refractivity contribution is 6.29. The monoisotopic (exact) mass is 326 g/mol. The van der Waals surface area contributed by atoms with E-state index in [1.54, 1.807) is 6.07 Å². The van der Waals surface area contributed by atoms with E-state index in [1.165, 1.54) is 0 Å². The van der Waals surface area contributed by atoms with Crippen molar-refractivity contribution in [2.75, 3.05) is 24.5 Å². The van der Waals surface area contributed by atoms with Crippen LogP contribution in [0, 0.1) is 12.8 Å². The third kappa shape index (κ3) is 5.02. The molecule has 1 aliphatic rings. The summed E-state index contributed by atoms with van der Waals surface area (Å²) in [6.45, 7) is 9.70. The highest BCUT2D eigenvalue weighted by Gasteiger charge is 2.26. The topological polar surface area (TPSA) is 67.4 Å². The molecule has 1 aromatic heterocycles. The van der Waals surface area contributed by atoms with Gasteiger partial charge in [-0.25, -0.2) is 14.8 Å². The molecular weight excluding hydrogens is 304 g/mol. The van der Waals surface area contributed by atoms with Crippen LogP contribution in [-0.2, 0) is 4.74 Å². The number of nitrogens with zero attached hydrogens (tertiary/aromatic N) is 3. The van der Waals surface area contributed by atoms with Gasteiger partial charge in [0.1, 0.15) is 10.8 Å². The second-order valence-electron chi connectivity index (χ2n) is 6.62. The van der Waals surface area contributed by atoms with Gasteiger partial charge in [-0.3, -0.25) is 0 Å². The average Bonchev–Trinajstić information content (AvgIpc) is 2.82. The fourth-order valence-electron chi connectivity index (χ4n) is 2.38. The van der Waals surface area contributed by atoms with Crippen molar-refractivity contribution in [1.82, 2.24) is 15.3 Å². The van der Waals surface area contributed by atoms with Crippen LogP contribution in [0.25, 0.3) is 0 Å². The highest BCUT2D eigenvalue weighted by Crippen LogP contribution is 2.22. The van der Waals surface area contributed by atoms with Gasteiger partial charge in [0.15, 0.2) is 0 Å². The maximum Gasteiger partial charge on any atom is 0.407 e. The molecule has 22 heavy (non-hydrogen) atoms.